The Morgan fingerprint density at radius 3 is 2.51 bits per heavy atom. The predicted octanol–water partition coefficient (Wildman–Crippen LogP) is 4.98. The van der Waals surface area contributed by atoms with Crippen molar-refractivity contribution in [1.82, 2.24) is 14.6 Å². The first-order chi connectivity index (χ1) is 20.2. The van der Waals surface area contributed by atoms with E-state index in [1.807, 2.05) is 13.8 Å². The predicted molar refractivity (Wildman–Crippen MR) is 162 cm³/mol. The van der Waals surface area contributed by atoms with Gasteiger partial charge < -0.3 is 15.5 Å². The number of carbonyl (C=O) groups is 1. The summed E-state index contributed by atoms with van der Waals surface area (Å²) in [6.45, 7) is 5.81. The number of carboxylic acids is 1. The summed E-state index contributed by atoms with van der Waals surface area (Å²) in [6, 6.07) is 12.3. The largest absolute Gasteiger partial charge is 0.481 e. The monoisotopic (exact) mass is 617 g/mol. The molecule has 0 spiro atoms. The number of sulfonamides is 1. The van der Waals surface area contributed by atoms with Gasteiger partial charge in [-0.2, -0.15) is 8.70 Å². The maximum absolute atomic E-state index is 14.9. The van der Waals surface area contributed by atoms with E-state index >= 15 is 0 Å². The summed E-state index contributed by atoms with van der Waals surface area (Å²) >= 11 is 0. The fourth-order valence-corrected chi connectivity index (χ4v) is 6.53. The van der Waals surface area contributed by atoms with Crippen LogP contribution >= 0.6 is 0 Å². The number of aromatic nitrogens is 1. The molecule has 0 bridgehead atoms. The minimum absolute atomic E-state index is 0.0673. The molecule has 234 valence electrons. The molecule has 1 heterocycles. The van der Waals surface area contributed by atoms with Gasteiger partial charge in [-0.15, -0.1) is 0 Å². The van der Waals surface area contributed by atoms with Crippen LogP contribution in [0.25, 0.3) is 11.1 Å². The van der Waals surface area contributed by atoms with E-state index in [0.29, 0.717) is 29.5 Å². The Morgan fingerprint density at radius 2 is 1.84 bits per heavy atom. The topological polar surface area (TPSA) is 120 Å². The van der Waals surface area contributed by atoms with Gasteiger partial charge in [-0.25, -0.2) is 17.8 Å². The highest BCUT2D eigenvalue weighted by atomic mass is 32.2. The number of aliphatic carboxylic acids is 1. The van der Waals surface area contributed by atoms with Gasteiger partial charge in [-0.05, 0) is 98.5 Å². The molecule has 0 aliphatic carbocycles. The molecule has 0 saturated heterocycles. The smallest absolute Gasteiger partial charge is 0.303 e. The van der Waals surface area contributed by atoms with E-state index in [2.05, 4.69) is 10.3 Å². The van der Waals surface area contributed by atoms with E-state index in [-0.39, 0.29) is 41.9 Å². The molecular formula is C32H41F2N3O5S. The lowest BCUT2D eigenvalue weighted by atomic mass is 9.94. The van der Waals surface area contributed by atoms with Crippen molar-refractivity contribution in [3.8, 4) is 11.1 Å². The highest BCUT2D eigenvalue weighted by Crippen LogP contribution is 2.32. The number of hydrogen-bond donors (Lipinski definition) is 3. The summed E-state index contributed by atoms with van der Waals surface area (Å²) in [5.74, 6) is -2.01. The van der Waals surface area contributed by atoms with Crippen molar-refractivity contribution in [3.05, 3.63) is 83.2 Å². The minimum Gasteiger partial charge on any atom is -0.481 e. The van der Waals surface area contributed by atoms with E-state index < -0.39 is 33.9 Å². The average molecular weight is 618 g/mol. The van der Waals surface area contributed by atoms with Crippen molar-refractivity contribution in [2.75, 3.05) is 20.1 Å². The van der Waals surface area contributed by atoms with Crippen LogP contribution in [-0.2, 0) is 34.1 Å². The van der Waals surface area contributed by atoms with E-state index in [9.17, 15) is 27.1 Å². The second-order valence-electron chi connectivity index (χ2n) is 11.4. The van der Waals surface area contributed by atoms with Crippen molar-refractivity contribution >= 4 is 16.0 Å². The number of benzene rings is 2. The fraction of sp³-hybridized carbons (Fsp3) is 0.438. The summed E-state index contributed by atoms with van der Waals surface area (Å²) in [5, 5.41) is 23.1. The second kappa shape index (κ2) is 15.0. The van der Waals surface area contributed by atoms with Crippen LogP contribution in [0.1, 0.15) is 56.7 Å². The lowest BCUT2D eigenvalue weighted by molar-refractivity contribution is -0.136. The molecular weight excluding hydrogens is 576 g/mol. The SMILES string of the molecule is CCc1cc(-c2c(F)cccc2CCC(=O)O)ccc1S(=O)(=O)N(C)CC(O)CNC(C)(C)CCCc1ccnc(F)c1. The molecule has 3 N–H and O–H groups in total. The first-order valence-electron chi connectivity index (χ1n) is 14.4. The summed E-state index contributed by atoms with van der Waals surface area (Å²) in [5.41, 5.74) is 2.26. The van der Waals surface area contributed by atoms with E-state index in [0.717, 1.165) is 22.7 Å². The van der Waals surface area contributed by atoms with Crippen molar-refractivity contribution in [1.29, 1.82) is 0 Å². The summed E-state index contributed by atoms with van der Waals surface area (Å²) in [4.78, 5) is 14.7. The zero-order chi connectivity index (χ0) is 31.8. The van der Waals surface area contributed by atoms with Crippen LogP contribution in [0.4, 0.5) is 8.78 Å². The Kier molecular flexibility index (Phi) is 11.9. The van der Waals surface area contributed by atoms with Crippen molar-refractivity contribution in [2.24, 2.45) is 0 Å². The average Bonchev–Trinajstić information content (AvgIpc) is 2.94. The number of hydrogen-bond acceptors (Lipinski definition) is 6. The third-order valence-corrected chi connectivity index (χ3v) is 9.39. The Labute approximate surface area is 252 Å². The van der Waals surface area contributed by atoms with Gasteiger partial charge in [0, 0.05) is 43.9 Å². The maximum atomic E-state index is 14.9. The molecule has 0 aliphatic rings. The van der Waals surface area contributed by atoms with Crippen LogP contribution in [0, 0.1) is 11.8 Å². The zero-order valence-corrected chi connectivity index (χ0v) is 25.9. The molecule has 1 unspecified atom stereocenters. The highest BCUT2D eigenvalue weighted by molar-refractivity contribution is 7.89. The van der Waals surface area contributed by atoms with Crippen LogP contribution in [0.5, 0.6) is 0 Å². The summed E-state index contributed by atoms with van der Waals surface area (Å²) in [6.07, 6.45) is 3.04. The number of nitrogens with zero attached hydrogens (tertiary/aromatic N) is 2. The number of aliphatic hydroxyl groups excluding tert-OH is 1. The first kappa shape index (κ1) is 34.2. The van der Waals surface area contributed by atoms with Gasteiger partial charge in [0.15, 0.2) is 0 Å². The Bertz CT molecular complexity index is 1510. The number of pyridine rings is 1. The number of nitrogens with one attached hydrogen (secondary N) is 1. The number of carboxylic acid groups (broad SMARTS) is 1. The van der Waals surface area contributed by atoms with Gasteiger partial charge in [0.05, 0.1) is 11.0 Å². The number of β-amino-alcohol motifs (C(OH)–C–C–N with tert-alkyl or cyclic N) is 1. The number of likely N-dealkylation sites (N-methyl/N-ethyl adjacent to an activating group) is 1. The molecule has 8 nitrogen and oxygen atoms in total. The lowest BCUT2D eigenvalue weighted by Crippen LogP contribution is -2.46. The van der Waals surface area contributed by atoms with Crippen LogP contribution in [0.15, 0.2) is 59.6 Å². The standard InChI is InChI=1S/C32H41F2N3O5S/c1-5-23-19-25(31-24(12-14-30(39)40)9-6-10-27(31)33)11-13-28(23)43(41,42)37(4)21-26(38)20-36-32(2,3)16-7-8-22-15-17-35-29(34)18-22/h6,9-11,13,15,17-19,26,36,38H,5,7-8,12,14,16,20-21H2,1-4H3,(H,39,40). The third kappa shape index (κ3) is 9.62. The van der Waals surface area contributed by atoms with Gasteiger partial charge in [-0.3, -0.25) is 4.79 Å². The van der Waals surface area contributed by atoms with Crippen LogP contribution in [-0.4, -0.2) is 65.7 Å². The maximum Gasteiger partial charge on any atom is 0.303 e. The normalized spacial score (nSPS) is 12.9. The van der Waals surface area contributed by atoms with Crippen molar-refractivity contribution in [3.63, 3.8) is 0 Å². The molecule has 3 rings (SSSR count). The van der Waals surface area contributed by atoms with Crippen LogP contribution < -0.4 is 5.32 Å². The molecule has 0 saturated carbocycles. The summed E-state index contributed by atoms with van der Waals surface area (Å²) < 4.78 is 56.4. The number of halogens is 2. The number of aryl methyl sites for hydroxylation is 3. The van der Waals surface area contributed by atoms with Crippen molar-refractivity contribution < 1.29 is 32.2 Å². The summed E-state index contributed by atoms with van der Waals surface area (Å²) in [7, 11) is -2.57. The second-order valence-corrected chi connectivity index (χ2v) is 13.4. The Balaban J connectivity index is 1.66. The van der Waals surface area contributed by atoms with Crippen LogP contribution in [0.3, 0.4) is 0 Å². The first-order valence-corrected chi connectivity index (χ1v) is 15.8. The fourth-order valence-electron chi connectivity index (χ4n) is 5.05. The molecule has 0 aliphatic heterocycles. The molecule has 2 aromatic carbocycles. The number of rotatable bonds is 16. The minimum atomic E-state index is -3.98. The van der Waals surface area contributed by atoms with E-state index in [4.69, 9.17) is 5.11 Å². The van der Waals surface area contributed by atoms with E-state index in [1.165, 1.54) is 43.6 Å². The van der Waals surface area contributed by atoms with Crippen LogP contribution in [0.2, 0.25) is 0 Å². The molecule has 1 aromatic heterocycles. The Hall–Kier alpha value is -3.25. The van der Waals surface area contributed by atoms with Crippen molar-refractivity contribution in [2.45, 2.75) is 75.8 Å². The van der Waals surface area contributed by atoms with E-state index in [1.54, 1.807) is 25.1 Å². The van der Waals surface area contributed by atoms with Gasteiger partial charge in [-0.1, -0.05) is 25.1 Å². The van der Waals surface area contributed by atoms with Gasteiger partial charge in [0.2, 0.25) is 16.0 Å². The quantitative estimate of drug-likeness (QED) is 0.194. The molecule has 43 heavy (non-hydrogen) atoms. The number of aliphatic hydroxyl groups is 1. The third-order valence-electron chi connectivity index (χ3n) is 7.47. The molecule has 0 amide bonds. The molecule has 11 heteroatoms. The van der Waals surface area contributed by atoms with Gasteiger partial charge >= 0.3 is 5.97 Å². The molecule has 0 radical (unpaired) electrons. The lowest BCUT2D eigenvalue weighted by Gasteiger charge is -2.29. The Morgan fingerprint density at radius 1 is 1.09 bits per heavy atom. The van der Waals surface area contributed by atoms with Gasteiger partial charge in [0.1, 0.15) is 5.82 Å². The molecule has 3 aromatic rings. The molecule has 1 atom stereocenters. The zero-order valence-electron chi connectivity index (χ0n) is 25.1. The molecule has 0 fully saturated rings. The highest BCUT2D eigenvalue weighted by Gasteiger charge is 2.27. The van der Waals surface area contributed by atoms with Gasteiger partial charge in [0.25, 0.3) is 0 Å².